The number of likely N-dealkylation sites (tertiary alicyclic amines) is 2. The summed E-state index contributed by atoms with van der Waals surface area (Å²) in [6.07, 6.45) is 3.26. The number of carbonyl (C=O) groups is 2. The summed E-state index contributed by atoms with van der Waals surface area (Å²) in [6, 6.07) is 9.79. The molecule has 1 aromatic heterocycles. The van der Waals surface area contributed by atoms with Crippen LogP contribution in [0.3, 0.4) is 0 Å². The summed E-state index contributed by atoms with van der Waals surface area (Å²) in [4.78, 5) is 32.6. The van der Waals surface area contributed by atoms with Gasteiger partial charge in [0, 0.05) is 39.0 Å². The molecule has 2 atom stereocenters. The largest absolute Gasteiger partial charge is 0.493 e. The molecule has 160 valence electrons. The van der Waals surface area contributed by atoms with Crippen molar-refractivity contribution in [2.24, 2.45) is 17.8 Å². The molecule has 0 N–H and O–H groups in total. The fourth-order valence-electron chi connectivity index (χ4n) is 4.79. The Balaban J connectivity index is 1.46. The zero-order valence-electron chi connectivity index (χ0n) is 17.6. The minimum atomic E-state index is -0.0987. The maximum Gasteiger partial charge on any atom is 0.291 e. The number of benzene rings is 1. The van der Waals surface area contributed by atoms with Crippen LogP contribution in [0.5, 0.6) is 5.75 Å². The molecule has 2 aliphatic rings. The number of nitrogens with zero attached hydrogens (tertiary/aromatic N) is 3. The smallest absolute Gasteiger partial charge is 0.291 e. The molecule has 1 aromatic carbocycles. The van der Waals surface area contributed by atoms with E-state index in [1.54, 1.807) is 13.8 Å². The average molecular weight is 412 g/mol. The van der Waals surface area contributed by atoms with Crippen LogP contribution < -0.4 is 4.74 Å². The van der Waals surface area contributed by atoms with E-state index in [-0.39, 0.29) is 17.7 Å². The molecule has 2 unspecified atom stereocenters. The van der Waals surface area contributed by atoms with Crippen molar-refractivity contribution >= 4 is 11.8 Å². The highest BCUT2D eigenvalue weighted by molar-refractivity contribution is 5.92. The lowest BCUT2D eigenvalue weighted by Gasteiger charge is -2.36. The van der Waals surface area contributed by atoms with Gasteiger partial charge in [-0.05, 0) is 43.7 Å². The topological polar surface area (TPSA) is 75.9 Å². The van der Waals surface area contributed by atoms with E-state index < -0.39 is 0 Å². The normalized spacial score (nSPS) is 22.3. The molecule has 3 heterocycles. The SMILES string of the molecule is CC(=O)N1CCC(C2CN(C(=O)c3ocnc3C)CC2COc2ccccc2)CC1. The molecule has 7 nitrogen and oxygen atoms in total. The standard InChI is InChI=1S/C23H29N3O4/c1-16-22(30-15-24-16)23(28)26-12-19(14-29-20-6-4-3-5-7-20)21(13-26)18-8-10-25(11-9-18)17(2)27/h3-7,15,18-19,21H,8-14H2,1-2H3. The molecule has 4 rings (SSSR count). The van der Waals surface area contributed by atoms with E-state index in [9.17, 15) is 9.59 Å². The number of hydrogen-bond donors (Lipinski definition) is 0. The zero-order valence-corrected chi connectivity index (χ0v) is 17.6. The lowest BCUT2D eigenvalue weighted by atomic mass is 9.78. The third-order valence-electron chi connectivity index (χ3n) is 6.52. The number of aromatic nitrogens is 1. The Morgan fingerprint density at radius 2 is 1.87 bits per heavy atom. The van der Waals surface area contributed by atoms with E-state index in [1.165, 1.54) is 6.39 Å². The van der Waals surface area contributed by atoms with Crippen molar-refractivity contribution in [1.82, 2.24) is 14.8 Å². The Kier molecular flexibility index (Phi) is 6.06. The predicted molar refractivity (Wildman–Crippen MR) is 111 cm³/mol. The highest BCUT2D eigenvalue weighted by atomic mass is 16.5. The number of hydrogen-bond acceptors (Lipinski definition) is 5. The monoisotopic (exact) mass is 411 g/mol. The number of oxazole rings is 1. The van der Waals surface area contributed by atoms with Gasteiger partial charge in [-0.2, -0.15) is 0 Å². The van der Waals surface area contributed by atoms with Gasteiger partial charge in [0.2, 0.25) is 11.7 Å². The summed E-state index contributed by atoms with van der Waals surface area (Å²) >= 11 is 0. The fourth-order valence-corrected chi connectivity index (χ4v) is 4.79. The molecule has 0 spiro atoms. The molecule has 0 bridgehead atoms. The van der Waals surface area contributed by atoms with Crippen molar-refractivity contribution in [2.75, 3.05) is 32.8 Å². The number of para-hydroxylation sites is 1. The van der Waals surface area contributed by atoms with Gasteiger partial charge in [0.25, 0.3) is 5.91 Å². The maximum absolute atomic E-state index is 13.0. The number of piperidine rings is 1. The first kappa shape index (κ1) is 20.4. The molecular formula is C23H29N3O4. The summed E-state index contributed by atoms with van der Waals surface area (Å²) in [5.74, 6) is 2.27. The lowest BCUT2D eigenvalue weighted by Crippen LogP contribution is -2.40. The lowest BCUT2D eigenvalue weighted by molar-refractivity contribution is -0.130. The summed E-state index contributed by atoms with van der Waals surface area (Å²) in [5, 5.41) is 0. The average Bonchev–Trinajstić information content (AvgIpc) is 3.39. The first-order valence-electron chi connectivity index (χ1n) is 10.7. The minimum absolute atomic E-state index is 0.0987. The third-order valence-corrected chi connectivity index (χ3v) is 6.52. The van der Waals surface area contributed by atoms with Gasteiger partial charge < -0.3 is 19.0 Å². The molecule has 7 heteroatoms. The Bertz CT molecular complexity index is 874. The Hall–Kier alpha value is -2.83. The number of aryl methyl sites for hydroxylation is 1. The molecule has 2 saturated heterocycles. The van der Waals surface area contributed by atoms with E-state index in [1.807, 2.05) is 40.1 Å². The second-order valence-corrected chi connectivity index (χ2v) is 8.37. The van der Waals surface area contributed by atoms with Gasteiger partial charge in [-0.3, -0.25) is 9.59 Å². The van der Waals surface area contributed by atoms with Crippen LogP contribution in [0.25, 0.3) is 0 Å². The van der Waals surface area contributed by atoms with Crippen LogP contribution in [0.15, 0.2) is 41.1 Å². The Labute approximate surface area is 177 Å². The van der Waals surface area contributed by atoms with E-state index in [0.29, 0.717) is 43.0 Å². The van der Waals surface area contributed by atoms with Crippen LogP contribution in [0.2, 0.25) is 0 Å². The van der Waals surface area contributed by atoms with E-state index >= 15 is 0 Å². The molecular weight excluding hydrogens is 382 g/mol. The quantitative estimate of drug-likeness (QED) is 0.756. The van der Waals surface area contributed by atoms with Crippen LogP contribution in [0.1, 0.15) is 36.0 Å². The first-order chi connectivity index (χ1) is 14.5. The summed E-state index contributed by atoms with van der Waals surface area (Å²) in [5.41, 5.74) is 0.621. The van der Waals surface area contributed by atoms with E-state index in [4.69, 9.17) is 9.15 Å². The van der Waals surface area contributed by atoms with Gasteiger partial charge >= 0.3 is 0 Å². The highest BCUT2D eigenvalue weighted by Gasteiger charge is 2.42. The van der Waals surface area contributed by atoms with Crippen molar-refractivity contribution in [3.63, 3.8) is 0 Å². The molecule has 2 aliphatic heterocycles. The molecule has 0 saturated carbocycles. The van der Waals surface area contributed by atoms with Gasteiger partial charge in [-0.25, -0.2) is 4.98 Å². The first-order valence-corrected chi connectivity index (χ1v) is 10.7. The number of ether oxygens (including phenoxy) is 1. The summed E-state index contributed by atoms with van der Waals surface area (Å²) in [7, 11) is 0. The summed E-state index contributed by atoms with van der Waals surface area (Å²) < 4.78 is 11.4. The van der Waals surface area contributed by atoms with Gasteiger partial charge in [-0.1, -0.05) is 18.2 Å². The van der Waals surface area contributed by atoms with Gasteiger partial charge in [0.15, 0.2) is 6.39 Å². The Morgan fingerprint density at radius 1 is 1.13 bits per heavy atom. The van der Waals surface area contributed by atoms with Crippen LogP contribution >= 0.6 is 0 Å². The van der Waals surface area contributed by atoms with Crippen LogP contribution in [-0.2, 0) is 4.79 Å². The van der Waals surface area contributed by atoms with Crippen LogP contribution in [-0.4, -0.2) is 59.4 Å². The fraction of sp³-hybridized carbons (Fsp3) is 0.522. The van der Waals surface area contributed by atoms with E-state index in [2.05, 4.69) is 4.98 Å². The van der Waals surface area contributed by atoms with Gasteiger partial charge in [0.05, 0.1) is 12.3 Å². The van der Waals surface area contributed by atoms with Crippen molar-refractivity contribution in [1.29, 1.82) is 0 Å². The molecule has 2 fully saturated rings. The second kappa shape index (κ2) is 8.90. The minimum Gasteiger partial charge on any atom is -0.493 e. The van der Waals surface area contributed by atoms with Crippen LogP contribution in [0.4, 0.5) is 0 Å². The zero-order chi connectivity index (χ0) is 21.1. The van der Waals surface area contributed by atoms with Crippen molar-refractivity contribution in [2.45, 2.75) is 26.7 Å². The third kappa shape index (κ3) is 4.35. The number of carbonyl (C=O) groups excluding carboxylic acids is 2. The van der Waals surface area contributed by atoms with Gasteiger partial charge in [0.1, 0.15) is 5.75 Å². The predicted octanol–water partition coefficient (Wildman–Crippen LogP) is 3.01. The second-order valence-electron chi connectivity index (χ2n) is 8.37. The molecule has 0 radical (unpaired) electrons. The molecule has 2 amide bonds. The van der Waals surface area contributed by atoms with Gasteiger partial charge in [-0.15, -0.1) is 0 Å². The highest BCUT2D eigenvalue weighted by Crippen LogP contribution is 2.37. The number of amides is 2. The van der Waals surface area contributed by atoms with Crippen molar-refractivity contribution in [3.05, 3.63) is 48.2 Å². The summed E-state index contributed by atoms with van der Waals surface area (Å²) in [6.45, 7) is 6.90. The van der Waals surface area contributed by atoms with Crippen molar-refractivity contribution < 1.29 is 18.7 Å². The van der Waals surface area contributed by atoms with Crippen molar-refractivity contribution in [3.8, 4) is 5.75 Å². The van der Waals surface area contributed by atoms with E-state index in [0.717, 1.165) is 31.7 Å². The maximum atomic E-state index is 13.0. The molecule has 0 aliphatic carbocycles. The van der Waals surface area contributed by atoms with Crippen LogP contribution in [0, 0.1) is 24.7 Å². The Morgan fingerprint density at radius 3 is 2.50 bits per heavy atom. The number of rotatable bonds is 5. The molecule has 2 aromatic rings. The molecule has 30 heavy (non-hydrogen) atoms.